The Morgan fingerprint density at radius 1 is 1.17 bits per heavy atom. The van der Waals surface area contributed by atoms with Crippen LogP contribution in [-0.4, -0.2) is 6.61 Å². The van der Waals surface area contributed by atoms with Crippen LogP contribution < -0.4 is 15.2 Å². The summed E-state index contributed by atoms with van der Waals surface area (Å²) in [5.74, 6) is 1.59. The number of ether oxygens (including phenoxy) is 2. The van der Waals surface area contributed by atoms with E-state index in [4.69, 9.17) is 15.2 Å². The van der Waals surface area contributed by atoms with Crippen molar-refractivity contribution in [2.45, 2.75) is 13.0 Å². The van der Waals surface area contributed by atoms with Crippen LogP contribution in [-0.2, 0) is 13.0 Å². The van der Waals surface area contributed by atoms with E-state index in [2.05, 4.69) is 0 Å². The van der Waals surface area contributed by atoms with E-state index in [1.807, 2.05) is 42.5 Å². The molecule has 0 spiro atoms. The van der Waals surface area contributed by atoms with Crippen LogP contribution in [0.1, 0.15) is 11.1 Å². The fourth-order valence-electron chi connectivity index (χ4n) is 2.14. The topological polar surface area (TPSA) is 44.5 Å². The summed E-state index contributed by atoms with van der Waals surface area (Å²) in [4.78, 5) is 0. The highest BCUT2D eigenvalue weighted by Crippen LogP contribution is 2.38. The Bertz CT molecular complexity index is 552. The third kappa shape index (κ3) is 2.12. The number of hydrogen-bond acceptors (Lipinski definition) is 3. The first-order valence-corrected chi connectivity index (χ1v) is 6.05. The molecule has 1 aliphatic rings. The second kappa shape index (κ2) is 4.61. The van der Waals surface area contributed by atoms with Crippen molar-refractivity contribution in [3.8, 4) is 11.5 Å². The molecular weight excluding hydrogens is 226 g/mol. The van der Waals surface area contributed by atoms with E-state index in [0.29, 0.717) is 13.2 Å². The van der Waals surface area contributed by atoms with Crippen LogP contribution in [0.15, 0.2) is 42.5 Å². The van der Waals surface area contributed by atoms with Gasteiger partial charge in [-0.1, -0.05) is 30.3 Å². The Balaban J connectivity index is 1.81. The molecule has 2 aromatic carbocycles. The van der Waals surface area contributed by atoms with Gasteiger partial charge in [0.2, 0.25) is 0 Å². The first-order valence-electron chi connectivity index (χ1n) is 6.05. The minimum atomic E-state index is 0.528. The predicted octanol–water partition coefficient (Wildman–Crippen LogP) is 2.78. The normalized spacial score (nSPS) is 12.9. The van der Waals surface area contributed by atoms with Gasteiger partial charge in [0, 0.05) is 23.7 Å². The van der Waals surface area contributed by atoms with Crippen molar-refractivity contribution < 1.29 is 9.47 Å². The lowest BCUT2D eigenvalue weighted by atomic mass is 10.1. The molecule has 3 nitrogen and oxygen atoms in total. The minimum Gasteiger partial charge on any atom is -0.489 e. The van der Waals surface area contributed by atoms with Crippen LogP contribution in [0.4, 0.5) is 5.69 Å². The number of benzene rings is 2. The number of hydrogen-bond donors (Lipinski definition) is 1. The molecule has 0 radical (unpaired) electrons. The lowest BCUT2D eigenvalue weighted by molar-refractivity contribution is 0.277. The summed E-state index contributed by atoms with van der Waals surface area (Å²) in [6.45, 7) is 1.24. The highest BCUT2D eigenvalue weighted by atomic mass is 16.5. The lowest BCUT2D eigenvalue weighted by Gasteiger charge is -2.11. The van der Waals surface area contributed by atoms with Crippen molar-refractivity contribution in [3.05, 3.63) is 53.6 Å². The molecule has 0 saturated heterocycles. The summed E-state index contributed by atoms with van der Waals surface area (Å²) in [6, 6.07) is 13.8. The van der Waals surface area contributed by atoms with Crippen molar-refractivity contribution in [3.63, 3.8) is 0 Å². The molecule has 0 saturated carbocycles. The Labute approximate surface area is 106 Å². The highest BCUT2D eigenvalue weighted by Gasteiger charge is 2.18. The Kier molecular flexibility index (Phi) is 2.81. The largest absolute Gasteiger partial charge is 0.489 e. The zero-order valence-corrected chi connectivity index (χ0v) is 10.1. The summed E-state index contributed by atoms with van der Waals surface area (Å²) in [6.07, 6.45) is 0.905. The Hall–Kier alpha value is -2.16. The fourth-order valence-corrected chi connectivity index (χ4v) is 2.14. The van der Waals surface area contributed by atoms with E-state index in [1.165, 1.54) is 0 Å². The average molecular weight is 241 g/mol. The fraction of sp³-hybridized carbons (Fsp3) is 0.200. The van der Waals surface area contributed by atoms with Gasteiger partial charge in [-0.25, -0.2) is 0 Å². The number of anilines is 1. The average Bonchev–Trinajstić information content (AvgIpc) is 2.85. The van der Waals surface area contributed by atoms with Crippen LogP contribution in [0.2, 0.25) is 0 Å². The molecule has 18 heavy (non-hydrogen) atoms. The van der Waals surface area contributed by atoms with Crippen LogP contribution in [0, 0.1) is 0 Å². The van der Waals surface area contributed by atoms with Gasteiger partial charge in [-0.2, -0.15) is 0 Å². The van der Waals surface area contributed by atoms with Gasteiger partial charge in [-0.15, -0.1) is 0 Å². The number of nitrogens with two attached hydrogens (primary N) is 1. The molecule has 3 rings (SSSR count). The maximum Gasteiger partial charge on any atom is 0.164 e. The monoisotopic (exact) mass is 241 g/mol. The second-order valence-electron chi connectivity index (χ2n) is 4.38. The molecule has 2 N–H and O–H groups in total. The number of fused-ring (bicyclic) bond motifs is 1. The Morgan fingerprint density at radius 3 is 2.83 bits per heavy atom. The predicted molar refractivity (Wildman–Crippen MR) is 70.8 cm³/mol. The van der Waals surface area contributed by atoms with Crippen LogP contribution in [0.5, 0.6) is 11.5 Å². The van der Waals surface area contributed by atoms with Crippen molar-refractivity contribution in [1.82, 2.24) is 0 Å². The van der Waals surface area contributed by atoms with Crippen molar-refractivity contribution in [2.24, 2.45) is 0 Å². The van der Waals surface area contributed by atoms with Gasteiger partial charge in [-0.3, -0.25) is 0 Å². The molecule has 0 atom stereocenters. The third-order valence-corrected chi connectivity index (χ3v) is 3.01. The molecule has 0 fully saturated rings. The maximum absolute atomic E-state index is 5.87. The summed E-state index contributed by atoms with van der Waals surface area (Å²) in [7, 11) is 0. The SMILES string of the molecule is Nc1cc2c(c(OCc3ccccc3)c1)OCC2. The highest BCUT2D eigenvalue weighted by molar-refractivity contribution is 5.58. The van der Waals surface area contributed by atoms with Gasteiger partial charge in [0.1, 0.15) is 6.61 Å². The van der Waals surface area contributed by atoms with Crippen LogP contribution >= 0.6 is 0 Å². The number of rotatable bonds is 3. The molecule has 2 aromatic rings. The molecule has 1 heterocycles. The summed E-state index contributed by atoms with van der Waals surface area (Å²) in [5, 5.41) is 0. The first-order chi connectivity index (χ1) is 8.83. The third-order valence-electron chi connectivity index (χ3n) is 3.01. The summed E-state index contributed by atoms with van der Waals surface area (Å²) in [5.41, 5.74) is 8.86. The van der Waals surface area contributed by atoms with Gasteiger partial charge in [0.25, 0.3) is 0 Å². The zero-order chi connectivity index (χ0) is 12.4. The molecule has 92 valence electrons. The van der Waals surface area contributed by atoms with Crippen molar-refractivity contribution in [2.75, 3.05) is 12.3 Å². The quantitative estimate of drug-likeness (QED) is 0.840. The standard InChI is InChI=1S/C15H15NO2/c16-13-8-12-6-7-17-15(12)14(9-13)18-10-11-4-2-1-3-5-11/h1-5,8-9H,6-7,10,16H2. The van der Waals surface area contributed by atoms with Gasteiger partial charge < -0.3 is 15.2 Å². The van der Waals surface area contributed by atoms with Crippen LogP contribution in [0.3, 0.4) is 0 Å². The van der Waals surface area contributed by atoms with Crippen LogP contribution in [0.25, 0.3) is 0 Å². The van der Waals surface area contributed by atoms with E-state index < -0.39 is 0 Å². The molecule has 3 heteroatoms. The molecule has 0 aliphatic carbocycles. The van der Waals surface area contributed by atoms with Gasteiger partial charge in [0.15, 0.2) is 11.5 Å². The van der Waals surface area contributed by atoms with Crippen molar-refractivity contribution in [1.29, 1.82) is 0 Å². The maximum atomic E-state index is 5.87. The van der Waals surface area contributed by atoms with Gasteiger partial charge in [0.05, 0.1) is 6.61 Å². The molecule has 0 bridgehead atoms. The Morgan fingerprint density at radius 2 is 2.00 bits per heavy atom. The second-order valence-corrected chi connectivity index (χ2v) is 4.38. The summed E-state index contributed by atoms with van der Waals surface area (Å²) < 4.78 is 11.4. The lowest BCUT2D eigenvalue weighted by Crippen LogP contribution is -1.98. The van der Waals surface area contributed by atoms with E-state index in [-0.39, 0.29) is 0 Å². The molecule has 0 unspecified atom stereocenters. The zero-order valence-electron chi connectivity index (χ0n) is 10.1. The first kappa shape index (κ1) is 11.0. The van der Waals surface area contributed by atoms with Gasteiger partial charge >= 0.3 is 0 Å². The molecule has 0 aromatic heterocycles. The van der Waals surface area contributed by atoms with E-state index in [0.717, 1.165) is 34.7 Å². The summed E-state index contributed by atoms with van der Waals surface area (Å²) >= 11 is 0. The minimum absolute atomic E-state index is 0.528. The van der Waals surface area contributed by atoms with Gasteiger partial charge in [-0.05, 0) is 11.6 Å². The number of nitrogen functional groups attached to an aromatic ring is 1. The molecular formula is C15H15NO2. The van der Waals surface area contributed by atoms with Crippen molar-refractivity contribution >= 4 is 5.69 Å². The van der Waals surface area contributed by atoms with E-state index >= 15 is 0 Å². The van der Waals surface area contributed by atoms with E-state index in [9.17, 15) is 0 Å². The molecule has 1 aliphatic heterocycles. The van der Waals surface area contributed by atoms with E-state index in [1.54, 1.807) is 0 Å². The smallest absolute Gasteiger partial charge is 0.164 e. The molecule has 0 amide bonds.